The monoisotopic (exact) mass is 378 g/mol. The molecule has 1 unspecified atom stereocenters. The summed E-state index contributed by atoms with van der Waals surface area (Å²) < 4.78 is 26.9. The molecule has 1 fully saturated rings. The van der Waals surface area contributed by atoms with Crippen molar-refractivity contribution in [3.05, 3.63) is 35.9 Å². The summed E-state index contributed by atoms with van der Waals surface area (Å²) >= 11 is 0. The highest BCUT2D eigenvalue weighted by atomic mass is 32.2. The molecule has 5 nitrogen and oxygen atoms in total. The lowest BCUT2D eigenvalue weighted by molar-refractivity contribution is -0.117. The van der Waals surface area contributed by atoms with Crippen LogP contribution in [0.5, 0.6) is 0 Å². The number of nitrogens with one attached hydrogen (secondary N) is 2. The fraction of sp³-hybridized carbons (Fsp3) is 0.550. The standard InChI is InChI=1S/C20H30N2O3S/c1-15(2)5-4-6-16(3)21-20(23)14-9-17-7-12-19(13-8-17)26(24,25)22-18-10-11-18/h7-9,12-16,18,22H,4-6,10-11H2,1-3H3,(H,21,23)/b14-9+. The Balaban J connectivity index is 1.82. The molecule has 0 bridgehead atoms. The summed E-state index contributed by atoms with van der Waals surface area (Å²) in [7, 11) is -3.43. The van der Waals surface area contributed by atoms with E-state index in [0.717, 1.165) is 31.2 Å². The van der Waals surface area contributed by atoms with Crippen molar-refractivity contribution in [1.82, 2.24) is 10.0 Å². The van der Waals surface area contributed by atoms with Gasteiger partial charge in [0.25, 0.3) is 0 Å². The zero-order valence-corrected chi connectivity index (χ0v) is 16.7. The lowest BCUT2D eigenvalue weighted by Crippen LogP contribution is -2.31. The van der Waals surface area contributed by atoms with Crippen LogP contribution in [0.25, 0.3) is 6.08 Å². The topological polar surface area (TPSA) is 75.3 Å². The summed E-state index contributed by atoms with van der Waals surface area (Å²) in [6.07, 6.45) is 8.24. The molecule has 1 amide bonds. The molecule has 144 valence electrons. The van der Waals surface area contributed by atoms with Crippen LogP contribution >= 0.6 is 0 Å². The van der Waals surface area contributed by atoms with E-state index in [1.807, 2.05) is 6.92 Å². The van der Waals surface area contributed by atoms with Crippen molar-refractivity contribution in [2.45, 2.75) is 69.9 Å². The van der Waals surface area contributed by atoms with E-state index in [4.69, 9.17) is 0 Å². The molecular weight excluding hydrogens is 348 g/mol. The molecule has 2 rings (SSSR count). The molecule has 26 heavy (non-hydrogen) atoms. The predicted octanol–water partition coefficient (Wildman–Crippen LogP) is 3.47. The fourth-order valence-corrected chi connectivity index (χ4v) is 3.92. The number of carbonyl (C=O) groups is 1. The average Bonchev–Trinajstić information content (AvgIpc) is 3.36. The second kappa shape index (κ2) is 9.33. The molecule has 0 aromatic heterocycles. The van der Waals surface area contributed by atoms with E-state index in [0.29, 0.717) is 5.92 Å². The Morgan fingerprint density at radius 1 is 1.15 bits per heavy atom. The van der Waals surface area contributed by atoms with Crippen LogP contribution in [0.15, 0.2) is 35.2 Å². The van der Waals surface area contributed by atoms with Crippen LogP contribution in [0.4, 0.5) is 0 Å². The molecule has 0 spiro atoms. The van der Waals surface area contributed by atoms with E-state index in [1.165, 1.54) is 12.5 Å². The normalized spacial score (nSPS) is 16.2. The van der Waals surface area contributed by atoms with Gasteiger partial charge in [0.2, 0.25) is 15.9 Å². The number of hydrogen-bond donors (Lipinski definition) is 2. The largest absolute Gasteiger partial charge is 0.350 e. The van der Waals surface area contributed by atoms with Gasteiger partial charge in [-0.1, -0.05) is 38.8 Å². The van der Waals surface area contributed by atoms with Gasteiger partial charge in [0, 0.05) is 18.2 Å². The van der Waals surface area contributed by atoms with Crippen LogP contribution in [0, 0.1) is 5.92 Å². The number of sulfonamides is 1. The number of benzene rings is 1. The minimum Gasteiger partial charge on any atom is -0.350 e. The van der Waals surface area contributed by atoms with Crippen molar-refractivity contribution in [3.8, 4) is 0 Å². The maximum Gasteiger partial charge on any atom is 0.244 e. The highest BCUT2D eigenvalue weighted by molar-refractivity contribution is 7.89. The first-order valence-electron chi connectivity index (χ1n) is 9.37. The Bertz CT molecular complexity index is 720. The van der Waals surface area contributed by atoms with E-state index in [1.54, 1.807) is 30.3 Å². The molecular formula is C20H30N2O3S. The molecule has 1 aromatic rings. The van der Waals surface area contributed by atoms with Crippen molar-refractivity contribution in [3.63, 3.8) is 0 Å². The lowest BCUT2D eigenvalue weighted by Gasteiger charge is -2.13. The molecule has 1 saturated carbocycles. The summed E-state index contributed by atoms with van der Waals surface area (Å²) in [5, 5.41) is 2.96. The third-order valence-corrected chi connectivity index (χ3v) is 5.86. The Kier molecular flexibility index (Phi) is 7.41. The highest BCUT2D eigenvalue weighted by Gasteiger charge is 2.27. The molecule has 1 atom stereocenters. The SMILES string of the molecule is CC(C)CCCC(C)NC(=O)/C=C/c1ccc(S(=O)(=O)NC2CC2)cc1. The smallest absolute Gasteiger partial charge is 0.244 e. The number of rotatable bonds is 10. The van der Waals surface area contributed by atoms with E-state index >= 15 is 0 Å². The summed E-state index contributed by atoms with van der Waals surface area (Å²) in [6.45, 7) is 6.41. The third kappa shape index (κ3) is 7.30. The van der Waals surface area contributed by atoms with Crippen LogP contribution in [0.1, 0.15) is 58.4 Å². The average molecular weight is 379 g/mol. The maximum absolute atomic E-state index is 12.1. The van der Waals surface area contributed by atoms with Gasteiger partial charge in [-0.2, -0.15) is 0 Å². The van der Waals surface area contributed by atoms with Gasteiger partial charge in [0.15, 0.2) is 0 Å². The van der Waals surface area contributed by atoms with Gasteiger partial charge >= 0.3 is 0 Å². The van der Waals surface area contributed by atoms with Crippen molar-refractivity contribution >= 4 is 22.0 Å². The van der Waals surface area contributed by atoms with E-state index in [2.05, 4.69) is 23.9 Å². The van der Waals surface area contributed by atoms with Gasteiger partial charge in [0.1, 0.15) is 0 Å². The lowest BCUT2D eigenvalue weighted by atomic mass is 10.0. The molecule has 6 heteroatoms. The second-order valence-corrected chi connectivity index (χ2v) is 9.25. The molecule has 2 N–H and O–H groups in total. The minimum absolute atomic E-state index is 0.0887. The summed E-state index contributed by atoms with van der Waals surface area (Å²) in [4.78, 5) is 12.2. The van der Waals surface area contributed by atoms with Gasteiger partial charge < -0.3 is 5.32 Å². The highest BCUT2D eigenvalue weighted by Crippen LogP contribution is 2.22. The van der Waals surface area contributed by atoms with Crippen molar-refractivity contribution < 1.29 is 13.2 Å². The molecule has 0 saturated heterocycles. The van der Waals surface area contributed by atoms with Gasteiger partial charge in [0.05, 0.1) is 4.90 Å². The molecule has 1 aliphatic carbocycles. The summed E-state index contributed by atoms with van der Waals surface area (Å²) in [5.74, 6) is 0.554. The van der Waals surface area contributed by atoms with Gasteiger partial charge in [-0.05, 0) is 55.9 Å². The molecule has 0 radical (unpaired) electrons. The first kappa shape index (κ1) is 20.6. The van der Waals surface area contributed by atoms with Crippen LogP contribution in [0.3, 0.4) is 0 Å². The number of carbonyl (C=O) groups excluding carboxylic acids is 1. The van der Waals surface area contributed by atoms with E-state index < -0.39 is 10.0 Å². The van der Waals surface area contributed by atoms with Crippen LogP contribution in [0.2, 0.25) is 0 Å². The van der Waals surface area contributed by atoms with Gasteiger partial charge in [-0.25, -0.2) is 13.1 Å². The minimum atomic E-state index is -3.43. The Morgan fingerprint density at radius 2 is 1.81 bits per heavy atom. The molecule has 1 aromatic carbocycles. The fourth-order valence-electron chi connectivity index (χ4n) is 2.61. The summed E-state index contributed by atoms with van der Waals surface area (Å²) in [6, 6.07) is 6.78. The van der Waals surface area contributed by atoms with Gasteiger partial charge in [-0.3, -0.25) is 4.79 Å². The quantitative estimate of drug-likeness (QED) is 0.612. The predicted molar refractivity (Wildman–Crippen MR) is 105 cm³/mol. The summed E-state index contributed by atoms with van der Waals surface area (Å²) in [5.41, 5.74) is 0.790. The Morgan fingerprint density at radius 3 is 2.38 bits per heavy atom. The van der Waals surface area contributed by atoms with Crippen LogP contribution in [-0.2, 0) is 14.8 Å². The first-order valence-corrected chi connectivity index (χ1v) is 10.9. The van der Waals surface area contributed by atoms with Crippen molar-refractivity contribution in [2.75, 3.05) is 0 Å². The molecule has 0 aliphatic heterocycles. The Hall–Kier alpha value is -1.66. The van der Waals surface area contributed by atoms with Crippen molar-refractivity contribution in [2.24, 2.45) is 5.92 Å². The maximum atomic E-state index is 12.1. The molecule has 1 aliphatic rings. The van der Waals surface area contributed by atoms with E-state index in [-0.39, 0.29) is 22.9 Å². The number of hydrogen-bond acceptors (Lipinski definition) is 3. The third-order valence-electron chi connectivity index (χ3n) is 4.32. The molecule has 0 heterocycles. The number of amides is 1. The zero-order valence-electron chi connectivity index (χ0n) is 15.9. The van der Waals surface area contributed by atoms with Crippen LogP contribution < -0.4 is 10.0 Å². The van der Waals surface area contributed by atoms with E-state index in [9.17, 15) is 13.2 Å². The Labute approximate surface area is 157 Å². The zero-order chi connectivity index (χ0) is 19.2. The van der Waals surface area contributed by atoms with Crippen LogP contribution in [-0.4, -0.2) is 26.4 Å². The van der Waals surface area contributed by atoms with Crippen molar-refractivity contribution in [1.29, 1.82) is 0 Å². The van der Waals surface area contributed by atoms with Gasteiger partial charge in [-0.15, -0.1) is 0 Å². The second-order valence-electron chi connectivity index (χ2n) is 7.53. The first-order chi connectivity index (χ1) is 12.3.